The summed E-state index contributed by atoms with van der Waals surface area (Å²) in [5.41, 5.74) is 3.95. The number of nitrogens with one attached hydrogen (secondary N) is 2. The lowest BCUT2D eigenvalue weighted by molar-refractivity contribution is 0.314. The first-order valence-electron chi connectivity index (χ1n) is 13.9. The van der Waals surface area contributed by atoms with Crippen molar-refractivity contribution < 1.29 is 9.47 Å². The van der Waals surface area contributed by atoms with Gasteiger partial charge in [0.05, 0.1) is 11.4 Å². The normalized spacial score (nSPS) is 11.1. The van der Waals surface area contributed by atoms with Crippen LogP contribution in [0.5, 0.6) is 17.2 Å². The molecule has 7 heteroatoms. The van der Waals surface area contributed by atoms with Crippen molar-refractivity contribution in [3.8, 4) is 28.6 Å². The maximum absolute atomic E-state index is 13.1. The topological polar surface area (TPSA) is 73.2 Å². The zero-order valence-corrected chi connectivity index (χ0v) is 22.7. The molecule has 4 aromatic carbocycles. The molecule has 0 fully saturated rings. The second-order valence-electron chi connectivity index (χ2n) is 9.79. The van der Waals surface area contributed by atoms with Gasteiger partial charge in [-0.05, 0) is 91.7 Å². The molecule has 2 N–H and O–H groups in total. The van der Waals surface area contributed by atoms with Crippen molar-refractivity contribution in [1.82, 2.24) is 19.4 Å². The Bertz CT molecular complexity index is 1750. The molecule has 6 aromatic rings. The van der Waals surface area contributed by atoms with Gasteiger partial charge >= 0.3 is 5.69 Å². The van der Waals surface area contributed by atoms with E-state index in [1.807, 2.05) is 78.9 Å². The number of benzene rings is 4. The number of nitrogens with zero attached hydrogens (tertiary/aromatic N) is 2. The third-order valence-corrected chi connectivity index (χ3v) is 7.01. The van der Waals surface area contributed by atoms with Crippen molar-refractivity contribution in [3.63, 3.8) is 0 Å². The van der Waals surface area contributed by atoms with Crippen LogP contribution in [-0.4, -0.2) is 33.8 Å². The van der Waals surface area contributed by atoms with E-state index < -0.39 is 0 Å². The molecule has 0 aliphatic heterocycles. The van der Waals surface area contributed by atoms with E-state index in [1.165, 1.54) is 16.5 Å². The largest absolute Gasteiger partial charge is 0.492 e. The van der Waals surface area contributed by atoms with Crippen molar-refractivity contribution in [3.05, 3.63) is 138 Å². The van der Waals surface area contributed by atoms with E-state index in [-0.39, 0.29) is 5.69 Å². The summed E-state index contributed by atoms with van der Waals surface area (Å²) in [5, 5.41) is 4.76. The molecule has 0 saturated heterocycles. The predicted octanol–water partition coefficient (Wildman–Crippen LogP) is 6.50. The van der Waals surface area contributed by atoms with Gasteiger partial charge in [0.1, 0.15) is 23.9 Å². The number of imidazole rings is 1. The average Bonchev–Trinajstić information content (AvgIpc) is 3.61. The predicted molar refractivity (Wildman–Crippen MR) is 163 cm³/mol. The molecular formula is C34H32N4O3. The molecule has 206 valence electrons. The number of aromatic nitrogens is 3. The van der Waals surface area contributed by atoms with Crippen LogP contribution >= 0.6 is 0 Å². The Morgan fingerprint density at radius 3 is 2.05 bits per heavy atom. The third-order valence-electron chi connectivity index (χ3n) is 7.01. The van der Waals surface area contributed by atoms with Gasteiger partial charge in [-0.3, -0.25) is 9.13 Å². The van der Waals surface area contributed by atoms with E-state index in [1.54, 1.807) is 21.5 Å². The molecule has 0 atom stereocenters. The highest BCUT2D eigenvalue weighted by molar-refractivity contribution is 5.83. The van der Waals surface area contributed by atoms with E-state index in [9.17, 15) is 4.79 Å². The number of para-hydroxylation sites is 2. The summed E-state index contributed by atoms with van der Waals surface area (Å²) in [6.07, 6.45) is 7.75. The van der Waals surface area contributed by atoms with E-state index in [2.05, 4.69) is 40.8 Å². The fourth-order valence-electron chi connectivity index (χ4n) is 4.88. The summed E-state index contributed by atoms with van der Waals surface area (Å²) < 4.78 is 15.0. The molecule has 0 saturated carbocycles. The quantitative estimate of drug-likeness (QED) is 0.173. The van der Waals surface area contributed by atoms with Crippen LogP contribution in [0.3, 0.4) is 0 Å². The zero-order chi connectivity index (χ0) is 27.9. The number of rotatable bonds is 12. The van der Waals surface area contributed by atoms with E-state index in [0.29, 0.717) is 12.4 Å². The first kappa shape index (κ1) is 26.2. The van der Waals surface area contributed by atoms with Gasteiger partial charge in [0.2, 0.25) is 0 Å². The van der Waals surface area contributed by atoms with Crippen molar-refractivity contribution in [2.24, 2.45) is 0 Å². The summed E-state index contributed by atoms with van der Waals surface area (Å²) in [6.45, 7) is 2.28. The number of aromatic amines is 1. The number of aryl methyl sites for hydroxylation is 1. The highest BCUT2D eigenvalue weighted by atomic mass is 16.5. The Hall–Kier alpha value is -5.01. The Labute approximate surface area is 238 Å². The van der Waals surface area contributed by atoms with Crippen molar-refractivity contribution in [1.29, 1.82) is 0 Å². The maximum atomic E-state index is 13.1. The van der Waals surface area contributed by atoms with Gasteiger partial charge in [-0.2, -0.15) is 0 Å². The first-order chi connectivity index (χ1) is 20.2. The summed E-state index contributed by atoms with van der Waals surface area (Å²) in [4.78, 5) is 16.5. The Morgan fingerprint density at radius 1 is 0.683 bits per heavy atom. The van der Waals surface area contributed by atoms with Gasteiger partial charge in [-0.1, -0.05) is 36.4 Å². The molecule has 0 radical (unpaired) electrons. The van der Waals surface area contributed by atoms with Crippen LogP contribution < -0.4 is 20.5 Å². The van der Waals surface area contributed by atoms with Gasteiger partial charge in [-0.15, -0.1) is 0 Å². The standard InChI is InChI=1S/C34H32N4O3/c39-34-37(22-23-38(34)28-14-18-31(19-15-28)41-30-8-2-1-3-9-30)27-12-16-29(17-13-27)40-24-21-35-20-6-7-26-25-36-33-11-5-4-10-32(26)33/h1-5,8-19,22-23,25,35-36H,6-7,20-21,24H2. The molecule has 0 spiro atoms. The number of H-pyrrole nitrogens is 1. The van der Waals surface area contributed by atoms with Crippen molar-refractivity contribution in [2.75, 3.05) is 19.7 Å². The minimum Gasteiger partial charge on any atom is -0.492 e. The first-order valence-corrected chi connectivity index (χ1v) is 13.9. The SMILES string of the molecule is O=c1n(-c2ccc(OCCNCCCc3c[nH]c4ccccc34)cc2)ccn1-c1ccc(Oc2ccccc2)cc1. The van der Waals surface area contributed by atoms with Crippen LogP contribution in [0.4, 0.5) is 0 Å². The van der Waals surface area contributed by atoms with Gasteiger partial charge < -0.3 is 19.8 Å². The molecule has 2 heterocycles. The summed E-state index contributed by atoms with van der Waals surface area (Å²) in [7, 11) is 0. The lowest BCUT2D eigenvalue weighted by Crippen LogP contribution is -2.22. The number of ether oxygens (including phenoxy) is 2. The molecule has 2 aromatic heterocycles. The van der Waals surface area contributed by atoms with Crippen LogP contribution in [-0.2, 0) is 6.42 Å². The fourth-order valence-corrected chi connectivity index (χ4v) is 4.88. The highest BCUT2D eigenvalue weighted by Crippen LogP contribution is 2.22. The molecule has 0 amide bonds. The molecular weight excluding hydrogens is 512 g/mol. The lowest BCUT2D eigenvalue weighted by Gasteiger charge is -2.09. The lowest BCUT2D eigenvalue weighted by atomic mass is 10.1. The highest BCUT2D eigenvalue weighted by Gasteiger charge is 2.08. The molecule has 41 heavy (non-hydrogen) atoms. The number of hydrogen-bond acceptors (Lipinski definition) is 4. The minimum atomic E-state index is -0.146. The fraction of sp³-hybridized carbons (Fsp3) is 0.147. The van der Waals surface area contributed by atoms with Crippen LogP contribution in [0.1, 0.15) is 12.0 Å². The summed E-state index contributed by atoms with van der Waals surface area (Å²) in [6, 6.07) is 33.1. The second kappa shape index (κ2) is 12.4. The van der Waals surface area contributed by atoms with E-state index in [4.69, 9.17) is 9.47 Å². The van der Waals surface area contributed by atoms with Crippen LogP contribution in [0.2, 0.25) is 0 Å². The third kappa shape index (κ3) is 6.26. The van der Waals surface area contributed by atoms with Gasteiger partial charge in [0, 0.05) is 36.0 Å². The monoisotopic (exact) mass is 544 g/mol. The molecule has 0 bridgehead atoms. The van der Waals surface area contributed by atoms with E-state index >= 15 is 0 Å². The van der Waals surface area contributed by atoms with Gasteiger partial charge in [0.25, 0.3) is 0 Å². The van der Waals surface area contributed by atoms with Crippen LogP contribution in [0.15, 0.2) is 127 Å². The maximum Gasteiger partial charge on any atom is 0.337 e. The van der Waals surface area contributed by atoms with Crippen LogP contribution in [0, 0.1) is 0 Å². The number of fused-ring (bicyclic) bond motifs is 1. The number of hydrogen-bond donors (Lipinski definition) is 2. The van der Waals surface area contributed by atoms with Crippen molar-refractivity contribution in [2.45, 2.75) is 12.8 Å². The minimum absolute atomic E-state index is 0.146. The summed E-state index contributed by atoms with van der Waals surface area (Å²) in [5.74, 6) is 2.25. The second-order valence-corrected chi connectivity index (χ2v) is 9.79. The molecule has 0 unspecified atom stereocenters. The smallest absolute Gasteiger partial charge is 0.337 e. The molecule has 0 aliphatic carbocycles. The van der Waals surface area contributed by atoms with Gasteiger partial charge in [0.15, 0.2) is 0 Å². The van der Waals surface area contributed by atoms with E-state index in [0.717, 1.165) is 48.8 Å². The molecule has 0 aliphatic rings. The van der Waals surface area contributed by atoms with Gasteiger partial charge in [-0.25, -0.2) is 4.79 Å². The van der Waals surface area contributed by atoms with Crippen molar-refractivity contribution >= 4 is 10.9 Å². The summed E-state index contributed by atoms with van der Waals surface area (Å²) >= 11 is 0. The van der Waals surface area contributed by atoms with Crippen LogP contribution in [0.25, 0.3) is 22.3 Å². The molecule has 7 nitrogen and oxygen atoms in total. The Morgan fingerprint density at radius 2 is 1.32 bits per heavy atom. The Kier molecular flexibility index (Phi) is 7.96. The molecule has 6 rings (SSSR count). The Balaban J connectivity index is 0.968. The zero-order valence-electron chi connectivity index (χ0n) is 22.7. The average molecular weight is 545 g/mol.